The van der Waals surface area contributed by atoms with Crippen molar-refractivity contribution < 1.29 is 9.47 Å². The van der Waals surface area contributed by atoms with E-state index < -0.39 is 0 Å². The van der Waals surface area contributed by atoms with Crippen LogP contribution in [0.4, 0.5) is 0 Å². The minimum atomic E-state index is 0.105. The Morgan fingerprint density at radius 2 is 1.81 bits per heavy atom. The monoisotopic (exact) mass is 361 g/mol. The molecule has 2 aromatic heterocycles. The van der Waals surface area contributed by atoms with Crippen molar-refractivity contribution in [3.05, 3.63) is 72.7 Å². The lowest BCUT2D eigenvalue weighted by atomic mass is 10.0. The Kier molecular flexibility index (Phi) is 5.84. The van der Waals surface area contributed by atoms with Crippen molar-refractivity contribution in [1.82, 2.24) is 15.3 Å². The van der Waals surface area contributed by atoms with E-state index in [0.29, 0.717) is 26.4 Å². The summed E-state index contributed by atoms with van der Waals surface area (Å²) in [5.74, 6) is 0. The van der Waals surface area contributed by atoms with Gasteiger partial charge in [0.1, 0.15) is 0 Å². The van der Waals surface area contributed by atoms with Crippen LogP contribution in [0.25, 0.3) is 22.4 Å². The lowest BCUT2D eigenvalue weighted by molar-refractivity contribution is -0.0864. The number of benzene rings is 1. The summed E-state index contributed by atoms with van der Waals surface area (Å²) in [5, 5.41) is 3.50. The molecule has 5 heteroatoms. The average Bonchev–Trinajstić information content (AvgIpc) is 2.76. The SMILES string of the molecule is c1ccc(-c2cnc(-c3ccncc3)c(CNCC3COCCO3)c2)cc1. The highest BCUT2D eigenvalue weighted by molar-refractivity contribution is 5.69. The molecule has 0 saturated carbocycles. The number of hydrogen-bond acceptors (Lipinski definition) is 5. The van der Waals surface area contributed by atoms with E-state index in [0.717, 1.165) is 34.5 Å². The van der Waals surface area contributed by atoms with Crippen LogP contribution >= 0.6 is 0 Å². The van der Waals surface area contributed by atoms with Gasteiger partial charge in [0.25, 0.3) is 0 Å². The van der Waals surface area contributed by atoms with Crippen molar-refractivity contribution in [3.8, 4) is 22.4 Å². The summed E-state index contributed by atoms with van der Waals surface area (Å²) >= 11 is 0. The predicted molar refractivity (Wildman–Crippen MR) is 105 cm³/mol. The average molecular weight is 361 g/mol. The van der Waals surface area contributed by atoms with Gasteiger partial charge in [-0.15, -0.1) is 0 Å². The summed E-state index contributed by atoms with van der Waals surface area (Å²) in [6.07, 6.45) is 5.64. The molecule has 4 rings (SSSR count). The van der Waals surface area contributed by atoms with Gasteiger partial charge in [-0.1, -0.05) is 30.3 Å². The van der Waals surface area contributed by atoms with Crippen LogP contribution in [0.3, 0.4) is 0 Å². The molecule has 0 amide bonds. The van der Waals surface area contributed by atoms with Crippen molar-refractivity contribution >= 4 is 0 Å². The summed E-state index contributed by atoms with van der Waals surface area (Å²) < 4.78 is 11.2. The summed E-state index contributed by atoms with van der Waals surface area (Å²) in [6, 6.07) is 16.5. The third-order valence-electron chi connectivity index (χ3n) is 4.60. The maximum absolute atomic E-state index is 5.71. The number of aromatic nitrogens is 2. The molecule has 138 valence electrons. The first-order chi connectivity index (χ1) is 13.4. The van der Waals surface area contributed by atoms with Crippen molar-refractivity contribution in [2.75, 3.05) is 26.4 Å². The fourth-order valence-electron chi connectivity index (χ4n) is 3.23. The quantitative estimate of drug-likeness (QED) is 0.730. The molecule has 0 radical (unpaired) electrons. The summed E-state index contributed by atoms with van der Waals surface area (Å²) in [7, 11) is 0. The lowest BCUT2D eigenvalue weighted by Crippen LogP contribution is -2.37. The minimum absolute atomic E-state index is 0.105. The van der Waals surface area contributed by atoms with Gasteiger partial charge in [-0.3, -0.25) is 9.97 Å². The highest BCUT2D eigenvalue weighted by Gasteiger charge is 2.15. The molecule has 27 heavy (non-hydrogen) atoms. The van der Waals surface area contributed by atoms with E-state index in [2.05, 4.69) is 28.5 Å². The van der Waals surface area contributed by atoms with Gasteiger partial charge in [0.2, 0.25) is 0 Å². The lowest BCUT2D eigenvalue weighted by Gasteiger charge is -2.23. The molecule has 5 nitrogen and oxygen atoms in total. The van der Waals surface area contributed by atoms with Crippen LogP contribution in [0.15, 0.2) is 67.1 Å². The predicted octanol–water partition coefficient (Wildman–Crippen LogP) is 3.32. The highest BCUT2D eigenvalue weighted by Crippen LogP contribution is 2.26. The van der Waals surface area contributed by atoms with E-state index in [1.54, 1.807) is 12.4 Å². The maximum Gasteiger partial charge on any atom is 0.0933 e. The molecule has 0 aliphatic carbocycles. The van der Waals surface area contributed by atoms with Crippen molar-refractivity contribution in [3.63, 3.8) is 0 Å². The standard InChI is InChI=1S/C22H23N3O2/c1-2-4-17(5-3-1)19-12-20(13-24-15-21-16-26-10-11-27-21)22(25-14-19)18-6-8-23-9-7-18/h1-9,12,14,21,24H,10-11,13,15-16H2. The van der Waals surface area contributed by atoms with E-state index in [1.807, 2.05) is 36.5 Å². The van der Waals surface area contributed by atoms with Gasteiger partial charge in [-0.05, 0) is 29.3 Å². The van der Waals surface area contributed by atoms with Crippen LogP contribution in [-0.4, -0.2) is 42.4 Å². The number of ether oxygens (including phenoxy) is 2. The van der Waals surface area contributed by atoms with Gasteiger partial charge in [0, 0.05) is 42.8 Å². The molecule has 1 atom stereocenters. The Morgan fingerprint density at radius 1 is 0.963 bits per heavy atom. The van der Waals surface area contributed by atoms with Gasteiger partial charge in [0.15, 0.2) is 0 Å². The van der Waals surface area contributed by atoms with E-state index in [9.17, 15) is 0 Å². The van der Waals surface area contributed by atoms with Crippen molar-refractivity contribution in [1.29, 1.82) is 0 Å². The van der Waals surface area contributed by atoms with Crippen LogP contribution in [0.5, 0.6) is 0 Å². The molecule has 0 bridgehead atoms. The second-order valence-corrected chi connectivity index (χ2v) is 6.53. The zero-order chi connectivity index (χ0) is 18.3. The second kappa shape index (κ2) is 8.86. The molecule has 1 aromatic carbocycles. The Labute approximate surface area is 159 Å². The number of hydrogen-bond donors (Lipinski definition) is 1. The molecule has 1 saturated heterocycles. The Bertz CT molecular complexity index is 850. The fourth-order valence-corrected chi connectivity index (χ4v) is 3.23. The van der Waals surface area contributed by atoms with Crippen LogP contribution in [0.1, 0.15) is 5.56 Å². The number of nitrogens with one attached hydrogen (secondary N) is 1. The highest BCUT2D eigenvalue weighted by atomic mass is 16.6. The minimum Gasteiger partial charge on any atom is -0.376 e. The molecule has 1 N–H and O–H groups in total. The van der Waals surface area contributed by atoms with Gasteiger partial charge in [-0.25, -0.2) is 0 Å². The first kappa shape index (κ1) is 17.8. The molecular formula is C22H23N3O2. The Morgan fingerprint density at radius 3 is 2.59 bits per heavy atom. The molecule has 1 unspecified atom stereocenters. The Hall–Kier alpha value is -2.60. The van der Waals surface area contributed by atoms with Gasteiger partial charge in [0.05, 0.1) is 31.6 Å². The molecule has 3 heterocycles. The summed E-state index contributed by atoms with van der Waals surface area (Å²) in [4.78, 5) is 8.88. The third kappa shape index (κ3) is 4.57. The third-order valence-corrected chi connectivity index (χ3v) is 4.60. The Balaban J connectivity index is 1.57. The number of nitrogens with zero attached hydrogens (tertiary/aromatic N) is 2. The first-order valence-corrected chi connectivity index (χ1v) is 9.25. The zero-order valence-electron chi connectivity index (χ0n) is 15.2. The molecule has 1 fully saturated rings. The van der Waals surface area contributed by atoms with Crippen LogP contribution in [0, 0.1) is 0 Å². The van der Waals surface area contributed by atoms with Gasteiger partial charge in [-0.2, -0.15) is 0 Å². The summed E-state index contributed by atoms with van der Waals surface area (Å²) in [6.45, 7) is 3.47. The van der Waals surface area contributed by atoms with Crippen LogP contribution < -0.4 is 5.32 Å². The van der Waals surface area contributed by atoms with E-state index in [4.69, 9.17) is 14.5 Å². The first-order valence-electron chi connectivity index (χ1n) is 9.25. The van der Waals surface area contributed by atoms with Crippen molar-refractivity contribution in [2.45, 2.75) is 12.6 Å². The van der Waals surface area contributed by atoms with Crippen molar-refractivity contribution in [2.24, 2.45) is 0 Å². The smallest absolute Gasteiger partial charge is 0.0933 e. The normalized spacial score (nSPS) is 17.0. The summed E-state index contributed by atoms with van der Waals surface area (Å²) in [5.41, 5.74) is 5.47. The molecular weight excluding hydrogens is 338 g/mol. The molecule has 1 aliphatic rings. The van der Waals surface area contributed by atoms with Crippen LogP contribution in [0.2, 0.25) is 0 Å². The molecule has 1 aliphatic heterocycles. The van der Waals surface area contributed by atoms with Gasteiger partial charge < -0.3 is 14.8 Å². The van der Waals surface area contributed by atoms with Crippen LogP contribution in [-0.2, 0) is 16.0 Å². The fraction of sp³-hybridized carbons (Fsp3) is 0.273. The zero-order valence-corrected chi connectivity index (χ0v) is 15.2. The molecule has 3 aromatic rings. The number of rotatable bonds is 6. The van der Waals surface area contributed by atoms with E-state index in [1.165, 1.54) is 0 Å². The van der Waals surface area contributed by atoms with E-state index >= 15 is 0 Å². The maximum atomic E-state index is 5.71. The van der Waals surface area contributed by atoms with E-state index in [-0.39, 0.29) is 6.10 Å². The molecule has 0 spiro atoms. The largest absolute Gasteiger partial charge is 0.376 e. The second-order valence-electron chi connectivity index (χ2n) is 6.53. The topological polar surface area (TPSA) is 56.3 Å². The number of pyridine rings is 2. The van der Waals surface area contributed by atoms with Gasteiger partial charge >= 0.3 is 0 Å².